The van der Waals surface area contributed by atoms with Crippen LogP contribution in [0.25, 0.3) is 0 Å². The lowest BCUT2D eigenvalue weighted by Gasteiger charge is -2.21. The fourth-order valence-electron chi connectivity index (χ4n) is 3.26. The van der Waals surface area contributed by atoms with Crippen molar-refractivity contribution >= 4 is 23.5 Å². The average Bonchev–Trinajstić information content (AvgIpc) is 2.93. The van der Waals surface area contributed by atoms with Crippen LogP contribution in [-0.4, -0.2) is 41.9 Å². The van der Waals surface area contributed by atoms with E-state index in [1.165, 1.54) is 12.1 Å². The number of halogens is 1. The van der Waals surface area contributed by atoms with Crippen molar-refractivity contribution in [3.8, 4) is 5.75 Å². The molecular weight excluding hydrogens is 389 g/mol. The molecule has 7 nitrogen and oxygen atoms in total. The van der Waals surface area contributed by atoms with Gasteiger partial charge < -0.3 is 15.4 Å². The molecule has 1 fully saturated rings. The zero-order valence-electron chi connectivity index (χ0n) is 17.1. The number of anilines is 1. The number of rotatable bonds is 7. The molecule has 0 aromatic heterocycles. The third-order valence-corrected chi connectivity index (χ3v) is 5.18. The van der Waals surface area contributed by atoms with Crippen molar-refractivity contribution in [2.45, 2.75) is 32.2 Å². The monoisotopic (exact) mass is 413 g/mol. The lowest BCUT2D eigenvalue weighted by Crippen LogP contribution is -2.45. The number of ether oxygens (including phenoxy) is 1. The highest BCUT2D eigenvalue weighted by molar-refractivity contribution is 6.09. The second kappa shape index (κ2) is 8.52. The molecule has 0 saturated carbocycles. The maximum atomic E-state index is 13.6. The first-order valence-corrected chi connectivity index (χ1v) is 9.55. The van der Waals surface area contributed by atoms with Gasteiger partial charge >= 0.3 is 6.03 Å². The lowest BCUT2D eigenvalue weighted by molar-refractivity contribution is -0.133. The molecule has 2 aromatic carbocycles. The Balaban J connectivity index is 1.61. The average molecular weight is 413 g/mol. The number of imide groups is 1. The maximum absolute atomic E-state index is 13.6. The minimum absolute atomic E-state index is 0.262. The smallest absolute Gasteiger partial charge is 0.325 e. The fraction of sp³-hybridized carbons (Fsp3) is 0.318. The second-order valence-corrected chi connectivity index (χ2v) is 7.51. The molecule has 1 atom stereocenters. The van der Waals surface area contributed by atoms with Crippen LogP contribution in [0.4, 0.5) is 14.9 Å². The van der Waals surface area contributed by atoms with Gasteiger partial charge in [0.1, 0.15) is 23.7 Å². The number of carbonyl (C=O) groups is 3. The van der Waals surface area contributed by atoms with Crippen molar-refractivity contribution in [2.75, 3.05) is 19.0 Å². The highest BCUT2D eigenvalue weighted by atomic mass is 19.1. The van der Waals surface area contributed by atoms with Gasteiger partial charge in [-0.05, 0) is 62.1 Å². The Bertz CT molecular complexity index is 977. The first kappa shape index (κ1) is 21.3. The van der Waals surface area contributed by atoms with E-state index in [4.69, 9.17) is 4.74 Å². The summed E-state index contributed by atoms with van der Waals surface area (Å²) < 4.78 is 18.8. The fourth-order valence-corrected chi connectivity index (χ4v) is 3.26. The van der Waals surface area contributed by atoms with Crippen LogP contribution in [0.2, 0.25) is 0 Å². The number of carbonyl (C=O) groups excluding carboxylic acids is 3. The molecule has 0 aliphatic carbocycles. The molecule has 2 aromatic rings. The molecule has 4 amide bonds. The predicted molar refractivity (Wildman–Crippen MR) is 110 cm³/mol. The molecule has 1 heterocycles. The molecule has 1 aliphatic heterocycles. The van der Waals surface area contributed by atoms with Crippen molar-refractivity contribution in [1.29, 1.82) is 0 Å². The Morgan fingerprint density at radius 2 is 1.90 bits per heavy atom. The van der Waals surface area contributed by atoms with Gasteiger partial charge in [-0.2, -0.15) is 0 Å². The molecule has 1 saturated heterocycles. The molecule has 8 heteroatoms. The zero-order valence-corrected chi connectivity index (χ0v) is 17.1. The van der Waals surface area contributed by atoms with Gasteiger partial charge in [0.25, 0.3) is 5.91 Å². The number of hydrogen-bond acceptors (Lipinski definition) is 4. The molecule has 0 radical (unpaired) electrons. The summed E-state index contributed by atoms with van der Waals surface area (Å²) in [5.41, 5.74) is 0.608. The van der Waals surface area contributed by atoms with Crippen LogP contribution in [0.5, 0.6) is 5.75 Å². The Labute approximate surface area is 174 Å². The van der Waals surface area contributed by atoms with Gasteiger partial charge in [0.05, 0.1) is 7.11 Å². The molecule has 30 heavy (non-hydrogen) atoms. The SMILES string of the molecule is COc1ccc(CC[C@@]2(C)NC(=O)N(CC(=O)Nc3ccc(C)c(F)c3)C2=O)cc1. The van der Waals surface area contributed by atoms with E-state index in [9.17, 15) is 18.8 Å². The summed E-state index contributed by atoms with van der Waals surface area (Å²) in [4.78, 5) is 38.3. The van der Waals surface area contributed by atoms with Crippen molar-refractivity contribution in [3.63, 3.8) is 0 Å². The van der Waals surface area contributed by atoms with Gasteiger partial charge in [0.15, 0.2) is 0 Å². The van der Waals surface area contributed by atoms with Crippen molar-refractivity contribution in [3.05, 3.63) is 59.4 Å². The summed E-state index contributed by atoms with van der Waals surface area (Å²) in [5, 5.41) is 5.19. The zero-order chi connectivity index (χ0) is 21.9. The van der Waals surface area contributed by atoms with E-state index in [2.05, 4.69) is 10.6 Å². The minimum atomic E-state index is -1.10. The largest absolute Gasteiger partial charge is 0.497 e. The molecule has 0 spiro atoms. The number of aryl methyl sites for hydroxylation is 2. The third-order valence-electron chi connectivity index (χ3n) is 5.18. The van der Waals surface area contributed by atoms with E-state index in [0.29, 0.717) is 18.4 Å². The summed E-state index contributed by atoms with van der Waals surface area (Å²) in [6.07, 6.45) is 0.945. The highest BCUT2D eigenvalue weighted by Crippen LogP contribution is 2.24. The maximum Gasteiger partial charge on any atom is 0.325 e. The van der Waals surface area contributed by atoms with E-state index in [0.717, 1.165) is 16.2 Å². The summed E-state index contributed by atoms with van der Waals surface area (Å²) in [5.74, 6) is -0.762. The molecule has 0 bridgehead atoms. The predicted octanol–water partition coefficient (Wildman–Crippen LogP) is 3.02. The van der Waals surface area contributed by atoms with Gasteiger partial charge in [-0.25, -0.2) is 9.18 Å². The Morgan fingerprint density at radius 3 is 2.53 bits per heavy atom. The third kappa shape index (κ3) is 4.59. The number of urea groups is 1. The van der Waals surface area contributed by atoms with E-state index >= 15 is 0 Å². The Kier molecular flexibility index (Phi) is 6.05. The van der Waals surface area contributed by atoms with E-state index in [1.807, 2.05) is 24.3 Å². The topological polar surface area (TPSA) is 87.7 Å². The second-order valence-electron chi connectivity index (χ2n) is 7.51. The molecule has 158 valence electrons. The molecular formula is C22H24FN3O4. The number of methoxy groups -OCH3 is 1. The van der Waals surface area contributed by atoms with E-state index in [1.54, 1.807) is 27.0 Å². The van der Waals surface area contributed by atoms with Crippen LogP contribution in [0.3, 0.4) is 0 Å². The van der Waals surface area contributed by atoms with E-state index in [-0.39, 0.29) is 5.69 Å². The van der Waals surface area contributed by atoms with Gasteiger partial charge in [-0.15, -0.1) is 0 Å². The van der Waals surface area contributed by atoms with Crippen molar-refractivity contribution in [2.24, 2.45) is 0 Å². The number of hydrogen-bond donors (Lipinski definition) is 2. The molecule has 0 unspecified atom stereocenters. The van der Waals surface area contributed by atoms with Crippen molar-refractivity contribution in [1.82, 2.24) is 10.2 Å². The van der Waals surface area contributed by atoms with Crippen molar-refractivity contribution < 1.29 is 23.5 Å². The molecule has 2 N–H and O–H groups in total. The number of amides is 4. The Morgan fingerprint density at radius 1 is 1.20 bits per heavy atom. The normalized spacial score (nSPS) is 18.3. The van der Waals surface area contributed by atoms with Crippen LogP contribution in [0, 0.1) is 12.7 Å². The summed E-state index contributed by atoms with van der Waals surface area (Å²) in [7, 11) is 1.59. The van der Waals surface area contributed by atoms with Gasteiger partial charge in [0, 0.05) is 5.69 Å². The van der Waals surface area contributed by atoms with E-state index < -0.39 is 35.7 Å². The highest BCUT2D eigenvalue weighted by Gasteiger charge is 2.47. The van der Waals surface area contributed by atoms with Crippen LogP contribution >= 0.6 is 0 Å². The van der Waals surface area contributed by atoms with Crippen LogP contribution < -0.4 is 15.4 Å². The Hall–Kier alpha value is -3.42. The van der Waals surface area contributed by atoms with Gasteiger partial charge in [0.2, 0.25) is 5.91 Å². The molecule has 3 rings (SSSR count). The van der Waals surface area contributed by atoms with Gasteiger partial charge in [-0.1, -0.05) is 18.2 Å². The quantitative estimate of drug-likeness (QED) is 0.683. The lowest BCUT2D eigenvalue weighted by atomic mass is 9.93. The summed E-state index contributed by atoms with van der Waals surface area (Å²) >= 11 is 0. The standard InChI is InChI=1S/C22H24FN3O4/c1-14-4-7-16(12-18(14)23)24-19(27)13-26-20(28)22(2,25-21(26)29)11-10-15-5-8-17(30-3)9-6-15/h4-9,12H,10-11,13H2,1-3H3,(H,24,27)(H,25,29)/t22-/m1/s1. The van der Waals surface area contributed by atoms with Crippen LogP contribution in [0.1, 0.15) is 24.5 Å². The summed E-state index contributed by atoms with van der Waals surface area (Å²) in [6.45, 7) is 2.81. The number of nitrogens with zero attached hydrogens (tertiary/aromatic N) is 1. The first-order chi connectivity index (χ1) is 14.2. The number of benzene rings is 2. The first-order valence-electron chi connectivity index (χ1n) is 9.55. The molecule has 1 aliphatic rings. The summed E-state index contributed by atoms with van der Waals surface area (Å²) in [6, 6.07) is 11.1. The van der Waals surface area contributed by atoms with Gasteiger partial charge in [-0.3, -0.25) is 14.5 Å². The minimum Gasteiger partial charge on any atom is -0.497 e. The van der Waals surface area contributed by atoms with Crippen LogP contribution in [-0.2, 0) is 16.0 Å². The van der Waals surface area contributed by atoms with Crippen LogP contribution in [0.15, 0.2) is 42.5 Å². The number of nitrogens with one attached hydrogen (secondary N) is 2.